The number of benzene rings is 4. The fourth-order valence-electron chi connectivity index (χ4n) is 3.87. The number of anilines is 1. The Labute approximate surface area is 251 Å². The molecule has 42 heavy (non-hydrogen) atoms. The van der Waals surface area contributed by atoms with Crippen molar-refractivity contribution in [3.05, 3.63) is 81.8 Å². The number of hydrogen-bond donors (Lipinski definition) is 3. The van der Waals surface area contributed by atoms with Gasteiger partial charge < -0.3 is 5.11 Å². The van der Waals surface area contributed by atoms with Crippen molar-refractivity contribution >= 4 is 81.3 Å². The first-order valence-corrected chi connectivity index (χ1v) is 16.8. The lowest BCUT2D eigenvalue weighted by atomic mass is 10.0. The van der Waals surface area contributed by atoms with Gasteiger partial charge in [0.25, 0.3) is 30.3 Å². The largest absolute Gasteiger partial charge is 0.505 e. The molecule has 0 saturated carbocycles. The summed E-state index contributed by atoms with van der Waals surface area (Å²) in [6.07, 6.45) is 0. The number of halogens is 2. The number of aryl methyl sites for hydroxylation is 1. The molecule has 4 rings (SSSR count). The summed E-state index contributed by atoms with van der Waals surface area (Å²) in [7, 11) is -12.6. The minimum absolute atomic E-state index is 0.0447. The summed E-state index contributed by atoms with van der Waals surface area (Å²) in [4.78, 5) is -0.685. The highest BCUT2D eigenvalue weighted by Gasteiger charge is 2.25. The monoisotopic (exact) mass is 673 g/mol. The van der Waals surface area contributed by atoms with Gasteiger partial charge in [-0.05, 0) is 60.8 Å². The van der Waals surface area contributed by atoms with Crippen LogP contribution in [0.4, 0.5) is 17.1 Å². The second kappa shape index (κ2) is 11.8. The molecule has 0 fully saturated rings. The van der Waals surface area contributed by atoms with Crippen LogP contribution in [-0.4, -0.2) is 42.0 Å². The minimum atomic E-state index is -4.72. The van der Waals surface area contributed by atoms with Crippen LogP contribution < -0.4 is 4.72 Å². The van der Waals surface area contributed by atoms with Crippen LogP contribution in [0.5, 0.6) is 5.75 Å². The highest BCUT2D eigenvalue weighted by Crippen LogP contribution is 2.45. The Kier molecular flexibility index (Phi) is 8.85. The summed E-state index contributed by atoms with van der Waals surface area (Å²) >= 11 is 12.1. The number of aromatic hydroxyl groups is 1. The number of nitrogens with zero attached hydrogens (tertiary/aromatic N) is 2. The number of azo groups is 1. The normalized spacial score (nSPS) is 12.7. The van der Waals surface area contributed by atoms with Gasteiger partial charge in [-0.3, -0.25) is 13.5 Å². The highest BCUT2D eigenvalue weighted by molar-refractivity contribution is 7.92. The molecule has 0 heterocycles. The lowest BCUT2D eigenvalue weighted by Gasteiger charge is -2.16. The third-order valence-corrected chi connectivity index (χ3v) is 9.69. The molecular formula is C25H21Cl2N3O9S3. The van der Waals surface area contributed by atoms with Gasteiger partial charge in [-0.25, -0.2) is 8.42 Å². The molecule has 0 spiro atoms. The second-order valence-corrected chi connectivity index (χ2v) is 14.6. The SMILES string of the molecule is COS(=O)(=O)c1cc(NS(=O)(=O)c2ccc(C)cc2)c2c(O)c(N=Nc3cc(Cl)ccc3Cl)c(CS(=O)(=O)O)cc2c1. The fourth-order valence-corrected chi connectivity index (χ4v) is 6.59. The number of phenols is 1. The Hall–Kier alpha value is -3.31. The maximum absolute atomic E-state index is 13.3. The van der Waals surface area contributed by atoms with Crippen molar-refractivity contribution in [2.45, 2.75) is 22.5 Å². The number of sulfonamides is 1. The predicted octanol–water partition coefficient (Wildman–Crippen LogP) is 6.10. The molecule has 222 valence electrons. The van der Waals surface area contributed by atoms with E-state index >= 15 is 0 Å². The van der Waals surface area contributed by atoms with Gasteiger partial charge in [0.1, 0.15) is 17.1 Å². The third-order valence-electron chi connectivity index (χ3n) is 5.82. The Morgan fingerprint density at radius 3 is 2.17 bits per heavy atom. The van der Waals surface area contributed by atoms with Gasteiger partial charge >= 0.3 is 0 Å². The molecule has 0 bridgehead atoms. The number of rotatable bonds is 9. The van der Waals surface area contributed by atoms with Crippen molar-refractivity contribution in [3.63, 3.8) is 0 Å². The summed E-state index contributed by atoms with van der Waals surface area (Å²) in [5.41, 5.74) is -0.357. The van der Waals surface area contributed by atoms with Crippen molar-refractivity contribution in [2.24, 2.45) is 10.2 Å². The molecule has 4 aromatic rings. The van der Waals surface area contributed by atoms with E-state index in [-0.39, 0.29) is 37.0 Å². The van der Waals surface area contributed by atoms with Gasteiger partial charge in [0, 0.05) is 10.6 Å². The Bertz CT molecular complexity index is 2070. The van der Waals surface area contributed by atoms with E-state index in [1.807, 2.05) is 0 Å². The van der Waals surface area contributed by atoms with Crippen molar-refractivity contribution in [2.75, 3.05) is 11.8 Å². The average Bonchev–Trinajstić information content (AvgIpc) is 2.89. The van der Waals surface area contributed by atoms with E-state index in [1.54, 1.807) is 19.1 Å². The molecule has 0 aromatic heterocycles. The number of nitrogens with one attached hydrogen (secondary N) is 1. The van der Waals surface area contributed by atoms with Gasteiger partial charge in [-0.1, -0.05) is 40.9 Å². The highest BCUT2D eigenvalue weighted by atomic mass is 35.5. The van der Waals surface area contributed by atoms with Gasteiger partial charge in [0.15, 0.2) is 5.75 Å². The first-order chi connectivity index (χ1) is 19.5. The van der Waals surface area contributed by atoms with Crippen LogP contribution in [0.3, 0.4) is 0 Å². The van der Waals surface area contributed by atoms with E-state index in [9.17, 15) is 34.9 Å². The van der Waals surface area contributed by atoms with E-state index in [0.717, 1.165) is 30.9 Å². The Morgan fingerprint density at radius 2 is 1.55 bits per heavy atom. The summed E-state index contributed by atoms with van der Waals surface area (Å²) in [5.74, 6) is -1.85. The lowest BCUT2D eigenvalue weighted by Crippen LogP contribution is -2.14. The van der Waals surface area contributed by atoms with E-state index in [2.05, 4.69) is 19.1 Å². The van der Waals surface area contributed by atoms with Gasteiger partial charge in [0.2, 0.25) is 0 Å². The van der Waals surface area contributed by atoms with Crippen LogP contribution in [0.15, 0.2) is 80.7 Å². The average molecular weight is 675 g/mol. The van der Waals surface area contributed by atoms with Gasteiger partial charge in [-0.2, -0.15) is 16.8 Å². The maximum atomic E-state index is 13.3. The number of fused-ring (bicyclic) bond motifs is 1. The molecule has 0 aliphatic rings. The zero-order valence-corrected chi connectivity index (χ0v) is 25.6. The first-order valence-electron chi connectivity index (χ1n) is 11.6. The molecule has 17 heteroatoms. The molecule has 0 radical (unpaired) electrons. The maximum Gasteiger partial charge on any atom is 0.296 e. The molecule has 0 aliphatic carbocycles. The third kappa shape index (κ3) is 7.00. The second-order valence-electron chi connectivity index (χ2n) is 8.86. The lowest BCUT2D eigenvalue weighted by molar-refractivity contribution is 0.398. The smallest absolute Gasteiger partial charge is 0.296 e. The van der Waals surface area contributed by atoms with Crippen LogP contribution >= 0.6 is 23.2 Å². The van der Waals surface area contributed by atoms with Crippen molar-refractivity contribution in [1.29, 1.82) is 0 Å². The number of phenolic OH excluding ortho intramolecular Hbond substituents is 1. The summed E-state index contributed by atoms with van der Waals surface area (Å²) in [6.45, 7) is 1.76. The zero-order chi connectivity index (χ0) is 31.0. The van der Waals surface area contributed by atoms with Crippen LogP contribution in [0, 0.1) is 6.92 Å². The van der Waals surface area contributed by atoms with Crippen LogP contribution in [-0.2, 0) is 40.2 Å². The molecule has 0 atom stereocenters. The van der Waals surface area contributed by atoms with Crippen molar-refractivity contribution < 1.29 is 39.1 Å². The van der Waals surface area contributed by atoms with Gasteiger partial charge in [0.05, 0.1) is 33.0 Å². The molecule has 0 unspecified atom stereocenters. The fraction of sp³-hybridized carbons (Fsp3) is 0.120. The molecule has 0 aliphatic heterocycles. The summed E-state index contributed by atoms with van der Waals surface area (Å²) < 4.78 is 91.8. The predicted molar refractivity (Wildman–Crippen MR) is 158 cm³/mol. The van der Waals surface area contributed by atoms with E-state index in [4.69, 9.17) is 23.2 Å². The van der Waals surface area contributed by atoms with Crippen LogP contribution in [0.2, 0.25) is 10.0 Å². The molecule has 0 saturated heterocycles. The molecule has 12 nitrogen and oxygen atoms in total. The quantitative estimate of drug-likeness (QED) is 0.107. The first kappa shape index (κ1) is 31.6. The topological polar surface area (TPSA) is 189 Å². The van der Waals surface area contributed by atoms with Crippen molar-refractivity contribution in [1.82, 2.24) is 0 Å². The summed E-state index contributed by atoms with van der Waals surface area (Å²) in [5, 5.41) is 19.2. The Morgan fingerprint density at radius 1 is 0.881 bits per heavy atom. The number of hydrogen-bond acceptors (Lipinski definition) is 10. The van der Waals surface area contributed by atoms with Crippen LogP contribution in [0.1, 0.15) is 11.1 Å². The van der Waals surface area contributed by atoms with E-state index < -0.39 is 58.0 Å². The summed E-state index contributed by atoms with van der Waals surface area (Å²) in [6, 6.07) is 13.1. The Balaban J connectivity index is 2.04. The molecule has 4 aromatic carbocycles. The standard InChI is InChI=1S/C25H21Cl2N3O9S3/c1-14-3-6-18(7-4-14)41(35,36)30-22-12-19(42(37,38)39-2)10-15-9-16(13-40(32,33)34)24(25(31)23(15)22)29-28-21-11-17(26)5-8-20(21)27/h3-12,30-31H,13H2,1-2H3,(H,32,33,34). The molecule has 0 amide bonds. The van der Waals surface area contributed by atoms with Gasteiger partial charge in [-0.15, -0.1) is 10.2 Å². The van der Waals surface area contributed by atoms with Crippen LogP contribution in [0.25, 0.3) is 10.8 Å². The zero-order valence-electron chi connectivity index (χ0n) is 21.6. The van der Waals surface area contributed by atoms with E-state index in [0.29, 0.717) is 0 Å². The molecule has 3 N–H and O–H groups in total. The van der Waals surface area contributed by atoms with E-state index in [1.165, 1.54) is 30.3 Å². The molecular weight excluding hydrogens is 653 g/mol. The minimum Gasteiger partial charge on any atom is -0.505 e. The van der Waals surface area contributed by atoms with Crippen molar-refractivity contribution in [3.8, 4) is 5.75 Å².